The van der Waals surface area contributed by atoms with E-state index in [9.17, 15) is 44.4 Å². The quantitative estimate of drug-likeness (QED) is 0.0484. The minimum absolute atomic E-state index is 0.0428. The van der Waals surface area contributed by atoms with E-state index in [0.717, 1.165) is 40.1 Å². The largest absolute Gasteiger partial charge is 0.504 e. The third kappa shape index (κ3) is 6.16. The van der Waals surface area contributed by atoms with Gasteiger partial charge in [0.25, 0.3) is 11.8 Å². The molecule has 5 rings (SSSR count). The lowest BCUT2D eigenvalue weighted by Gasteiger charge is -2.49. The number of aromatic hydroxyl groups is 2. The van der Waals surface area contributed by atoms with Crippen molar-refractivity contribution in [1.29, 1.82) is 0 Å². The van der Waals surface area contributed by atoms with Crippen LogP contribution in [0, 0.1) is 0 Å². The molecule has 1 aromatic carbocycles. The van der Waals surface area contributed by atoms with Crippen molar-refractivity contribution in [1.82, 2.24) is 25.2 Å². The number of nitrogens with two attached hydrogens (primary N) is 2. The number of anilines is 1. The SMILES string of the molecule is CC(C)(O/N=C(\C(=O)NC1C(=O)N2C(C(=O)O)=C(C(N)C(=O)c3nc4cc(O)c(O)cc4nc3Br)CS[C@H]12)c1csc(N)n1)C(=O)O. The molecule has 18 nitrogen and oxygen atoms in total. The van der Waals surface area contributed by atoms with Gasteiger partial charge in [-0.2, -0.15) is 0 Å². The van der Waals surface area contributed by atoms with Gasteiger partial charge in [0.2, 0.25) is 11.4 Å². The Morgan fingerprint density at radius 2 is 1.79 bits per heavy atom. The van der Waals surface area contributed by atoms with Crippen molar-refractivity contribution in [3.05, 3.63) is 44.8 Å². The number of oxime groups is 1. The summed E-state index contributed by atoms with van der Waals surface area (Å²) in [5, 5.41) is 45.7. The number of benzene rings is 1. The summed E-state index contributed by atoms with van der Waals surface area (Å²) in [4.78, 5) is 82.2. The average molecular weight is 752 g/mol. The Labute approximate surface area is 279 Å². The number of phenolic OH excluding ortho intramolecular Hbond substituents is 2. The van der Waals surface area contributed by atoms with Crippen molar-refractivity contribution in [2.24, 2.45) is 10.9 Å². The first-order chi connectivity index (χ1) is 22.0. The molecule has 3 atom stereocenters. The maximum Gasteiger partial charge on any atom is 0.352 e. The van der Waals surface area contributed by atoms with Crippen LogP contribution in [0.4, 0.5) is 5.13 Å². The number of carbonyl (C=O) groups is 5. The van der Waals surface area contributed by atoms with Crippen LogP contribution in [-0.4, -0.2) is 104 Å². The van der Waals surface area contributed by atoms with Gasteiger partial charge in [-0.1, -0.05) is 5.16 Å². The molecular weight excluding hydrogens is 728 g/mol. The van der Waals surface area contributed by atoms with E-state index in [2.05, 4.69) is 41.4 Å². The fraction of sp³-hybridized carbons (Fsp3) is 0.269. The number of hydrogen-bond donors (Lipinski definition) is 7. The number of β-lactam (4-membered cyclic amide) rings is 1. The van der Waals surface area contributed by atoms with Crippen molar-refractivity contribution < 1.29 is 49.2 Å². The van der Waals surface area contributed by atoms with Crippen LogP contribution >= 0.6 is 39.0 Å². The molecule has 0 saturated carbocycles. The van der Waals surface area contributed by atoms with E-state index in [4.69, 9.17) is 16.3 Å². The zero-order chi connectivity index (χ0) is 34.5. The maximum absolute atomic E-state index is 13.5. The van der Waals surface area contributed by atoms with Crippen molar-refractivity contribution in [2.75, 3.05) is 11.5 Å². The van der Waals surface area contributed by atoms with Gasteiger partial charge in [-0.05, 0) is 35.4 Å². The predicted octanol–water partition coefficient (Wildman–Crippen LogP) is 0.375. The van der Waals surface area contributed by atoms with E-state index in [0.29, 0.717) is 0 Å². The Kier molecular flexibility index (Phi) is 8.83. The lowest BCUT2D eigenvalue weighted by Crippen LogP contribution is -2.71. The van der Waals surface area contributed by atoms with Crippen LogP contribution in [0.2, 0.25) is 0 Å². The number of carboxylic acids is 2. The number of Topliss-reactive ketones (excluding diaryl/α,β-unsaturated/α-hetero) is 1. The zero-order valence-electron chi connectivity index (χ0n) is 24.0. The number of phenols is 2. The number of hydrogen-bond acceptors (Lipinski definition) is 16. The van der Waals surface area contributed by atoms with Crippen molar-refractivity contribution in [2.45, 2.75) is 36.9 Å². The lowest BCUT2D eigenvalue weighted by molar-refractivity contribution is -0.161. The highest BCUT2D eigenvalue weighted by Crippen LogP contribution is 2.41. The number of thioether (sulfide) groups is 1. The predicted molar refractivity (Wildman–Crippen MR) is 168 cm³/mol. The van der Waals surface area contributed by atoms with Gasteiger partial charge in [0, 0.05) is 23.3 Å². The number of rotatable bonds is 10. The highest BCUT2D eigenvalue weighted by atomic mass is 79.9. The molecule has 47 heavy (non-hydrogen) atoms. The summed E-state index contributed by atoms with van der Waals surface area (Å²) in [6.07, 6.45) is 0. The van der Waals surface area contributed by atoms with Gasteiger partial charge in [-0.15, -0.1) is 23.1 Å². The number of thiazole rings is 1. The lowest BCUT2D eigenvalue weighted by atomic mass is 9.96. The van der Waals surface area contributed by atoms with Gasteiger partial charge in [0.15, 0.2) is 22.3 Å². The number of halogens is 1. The number of aliphatic carboxylic acids is 2. The topological polar surface area (TPSA) is 294 Å². The molecule has 2 unspecified atom stereocenters. The van der Waals surface area contributed by atoms with Crippen molar-refractivity contribution >= 4 is 90.4 Å². The number of fused-ring (bicyclic) bond motifs is 2. The first kappa shape index (κ1) is 33.5. The highest BCUT2D eigenvalue weighted by molar-refractivity contribution is 9.10. The summed E-state index contributed by atoms with van der Waals surface area (Å²) in [5.74, 6) is -6.70. The minimum Gasteiger partial charge on any atom is -0.504 e. The van der Waals surface area contributed by atoms with Gasteiger partial charge >= 0.3 is 11.9 Å². The Morgan fingerprint density at radius 3 is 2.36 bits per heavy atom. The Bertz CT molecular complexity index is 1950. The molecule has 0 spiro atoms. The molecule has 3 aromatic rings. The summed E-state index contributed by atoms with van der Waals surface area (Å²) in [5.41, 5.74) is 8.80. The molecule has 4 heterocycles. The van der Waals surface area contributed by atoms with Crippen molar-refractivity contribution in [3.63, 3.8) is 0 Å². The highest BCUT2D eigenvalue weighted by Gasteiger charge is 2.55. The van der Waals surface area contributed by atoms with E-state index in [1.165, 1.54) is 19.2 Å². The molecular formula is C26H23BrN8O10S2. The van der Waals surface area contributed by atoms with Crippen LogP contribution in [-0.2, 0) is 24.0 Å². The molecule has 2 aliphatic heterocycles. The zero-order valence-corrected chi connectivity index (χ0v) is 27.2. The minimum atomic E-state index is -1.83. The molecule has 0 bridgehead atoms. The van der Waals surface area contributed by atoms with Gasteiger partial charge in [0.05, 0.1) is 17.1 Å². The molecule has 0 aliphatic carbocycles. The Morgan fingerprint density at radius 1 is 1.15 bits per heavy atom. The van der Waals surface area contributed by atoms with E-state index < -0.39 is 75.5 Å². The standard InChI is InChI=1S/C26H23BrN8O10S2/c1-26(2,24(43)44)45-34-14(10-6-47-25(29)32-10)20(39)33-16-21(40)35-17(23(41)42)7(5-46-22(16)35)13(28)18(38)15-19(27)31-9-4-12(37)11(36)3-8(9)30-15/h3-4,6,13,16,22,36-37H,5,28H2,1-2H3,(H2,29,32)(H,33,39)(H,41,42)(H,43,44)/b34-14-/t13?,16?,22-/m1/s1. The number of amides is 2. The third-order valence-corrected chi connectivity index (χ3v) is 9.49. The number of aromatic nitrogens is 3. The summed E-state index contributed by atoms with van der Waals surface area (Å²) >= 11 is 5.13. The molecule has 246 valence electrons. The van der Waals surface area contributed by atoms with E-state index in [1.54, 1.807) is 0 Å². The van der Waals surface area contributed by atoms with Crippen LogP contribution in [0.3, 0.4) is 0 Å². The van der Waals surface area contributed by atoms with Crippen molar-refractivity contribution in [3.8, 4) is 11.5 Å². The number of ketones is 1. The van der Waals surface area contributed by atoms with Gasteiger partial charge in [-0.3, -0.25) is 19.3 Å². The fourth-order valence-electron chi connectivity index (χ4n) is 4.41. The van der Waals surface area contributed by atoms with Crippen LogP contribution in [0.1, 0.15) is 30.0 Å². The molecule has 2 amide bonds. The Balaban J connectivity index is 1.40. The van der Waals surface area contributed by atoms with Crippen LogP contribution in [0.5, 0.6) is 11.5 Å². The van der Waals surface area contributed by atoms with E-state index >= 15 is 0 Å². The van der Waals surface area contributed by atoms with Gasteiger partial charge in [-0.25, -0.2) is 24.5 Å². The monoisotopic (exact) mass is 750 g/mol. The summed E-state index contributed by atoms with van der Waals surface area (Å²) in [7, 11) is 0. The smallest absolute Gasteiger partial charge is 0.352 e. The maximum atomic E-state index is 13.5. The summed E-state index contributed by atoms with van der Waals surface area (Å²) in [6.45, 7) is 2.40. The molecule has 1 saturated heterocycles. The molecule has 0 radical (unpaired) electrons. The van der Waals surface area contributed by atoms with Crippen LogP contribution in [0.15, 0.2) is 38.5 Å². The molecule has 2 aliphatic rings. The van der Waals surface area contributed by atoms with Gasteiger partial charge < -0.3 is 42.0 Å². The Hall–Kier alpha value is -4.86. The average Bonchev–Trinajstić information content (AvgIpc) is 3.44. The molecule has 9 N–H and O–H groups in total. The third-order valence-electron chi connectivity index (χ3n) is 6.96. The first-order valence-corrected chi connectivity index (χ1v) is 15.9. The fourth-order valence-corrected chi connectivity index (χ4v) is 6.84. The van der Waals surface area contributed by atoms with Crippen LogP contribution in [0.25, 0.3) is 11.0 Å². The molecule has 21 heteroatoms. The molecule has 2 aromatic heterocycles. The number of nitrogens with one attached hydrogen (secondary N) is 1. The second kappa shape index (κ2) is 12.4. The summed E-state index contributed by atoms with van der Waals surface area (Å²) < 4.78 is -0.0628. The summed E-state index contributed by atoms with van der Waals surface area (Å²) in [6, 6.07) is -0.627. The molecule has 1 fully saturated rings. The number of carboxylic acid groups (broad SMARTS) is 2. The number of nitrogen functional groups attached to an aromatic ring is 1. The van der Waals surface area contributed by atoms with E-state index in [-0.39, 0.29) is 43.5 Å². The van der Waals surface area contributed by atoms with Gasteiger partial charge in [0.1, 0.15) is 33.1 Å². The second-order valence-corrected chi connectivity index (χ2v) is 13.2. The normalized spacial score (nSPS) is 18.8. The number of carbonyl (C=O) groups excluding carboxylic acids is 3. The van der Waals surface area contributed by atoms with Crippen LogP contribution < -0.4 is 16.8 Å². The second-order valence-electron chi connectivity index (χ2n) is 10.5. The van der Waals surface area contributed by atoms with E-state index in [1.807, 2.05) is 0 Å². The first-order valence-electron chi connectivity index (χ1n) is 13.1. The number of nitrogens with zero attached hydrogens (tertiary/aromatic N) is 5.